The average Bonchev–Trinajstić information content (AvgIpc) is 2.64. The Hall–Kier alpha value is -1.22. The molecule has 25 heavy (non-hydrogen) atoms. The van der Waals surface area contributed by atoms with Crippen LogP contribution in [0, 0.1) is 29.4 Å². The van der Waals surface area contributed by atoms with E-state index in [0.29, 0.717) is 5.92 Å². The Balaban J connectivity index is 1.38. The molecular formula is C22H30F2O. The summed E-state index contributed by atoms with van der Waals surface area (Å²) in [6.07, 6.45) is 13.2. The topological polar surface area (TPSA) is 9.23 Å². The van der Waals surface area contributed by atoms with Crippen molar-refractivity contribution in [3.8, 4) is 0 Å². The van der Waals surface area contributed by atoms with Gasteiger partial charge >= 0.3 is 0 Å². The molecule has 1 saturated carbocycles. The molecule has 2 atom stereocenters. The lowest BCUT2D eigenvalue weighted by Gasteiger charge is -2.32. The van der Waals surface area contributed by atoms with Crippen molar-refractivity contribution in [3.63, 3.8) is 0 Å². The maximum Gasteiger partial charge on any atom is 0.159 e. The summed E-state index contributed by atoms with van der Waals surface area (Å²) < 4.78 is 32.4. The molecule has 0 radical (unpaired) electrons. The third kappa shape index (κ3) is 5.13. The van der Waals surface area contributed by atoms with Gasteiger partial charge in [-0.25, -0.2) is 8.78 Å². The van der Waals surface area contributed by atoms with Gasteiger partial charge in [-0.15, -0.1) is 6.58 Å². The third-order valence-corrected chi connectivity index (χ3v) is 6.14. The van der Waals surface area contributed by atoms with Gasteiger partial charge < -0.3 is 4.74 Å². The number of hydrogen-bond donors (Lipinski definition) is 0. The largest absolute Gasteiger partial charge is 0.373 e. The average molecular weight is 348 g/mol. The summed E-state index contributed by atoms with van der Waals surface area (Å²) in [7, 11) is 0. The Kier molecular flexibility index (Phi) is 6.63. The minimum atomic E-state index is -0.791. The molecule has 1 aliphatic carbocycles. The van der Waals surface area contributed by atoms with Gasteiger partial charge in [0.05, 0.1) is 12.7 Å². The summed E-state index contributed by atoms with van der Waals surface area (Å²) in [5, 5.41) is 0. The molecule has 0 bridgehead atoms. The fourth-order valence-electron chi connectivity index (χ4n) is 4.47. The Morgan fingerprint density at radius 2 is 1.60 bits per heavy atom. The van der Waals surface area contributed by atoms with Crippen molar-refractivity contribution in [2.24, 2.45) is 17.8 Å². The van der Waals surface area contributed by atoms with Crippen LogP contribution in [0.2, 0.25) is 0 Å². The summed E-state index contributed by atoms with van der Waals surface area (Å²) in [6, 6.07) is 4.12. The lowest BCUT2D eigenvalue weighted by Crippen LogP contribution is -2.22. The molecule has 2 fully saturated rings. The minimum absolute atomic E-state index is 0.0827. The molecule has 2 aliphatic rings. The zero-order valence-corrected chi connectivity index (χ0v) is 15.1. The van der Waals surface area contributed by atoms with Gasteiger partial charge in [0.2, 0.25) is 0 Å². The van der Waals surface area contributed by atoms with E-state index < -0.39 is 11.6 Å². The molecule has 0 amide bonds. The summed E-state index contributed by atoms with van der Waals surface area (Å²) in [5.74, 6) is 0.789. The third-order valence-electron chi connectivity index (χ3n) is 6.14. The molecule has 1 heterocycles. The van der Waals surface area contributed by atoms with Crippen LogP contribution in [0.15, 0.2) is 30.9 Å². The van der Waals surface area contributed by atoms with Crippen molar-refractivity contribution < 1.29 is 13.5 Å². The van der Waals surface area contributed by atoms with E-state index in [-0.39, 0.29) is 6.10 Å². The van der Waals surface area contributed by atoms with Crippen molar-refractivity contribution in [2.45, 2.75) is 63.9 Å². The molecule has 0 N–H and O–H groups in total. The SMILES string of the molecule is C=CCC1CCC(CCC2CCC(c3ccc(F)c(F)c3)OC2)CC1. The number of rotatable bonds is 6. The molecule has 3 heteroatoms. The van der Waals surface area contributed by atoms with Crippen LogP contribution in [0.3, 0.4) is 0 Å². The predicted octanol–water partition coefficient (Wildman–Crippen LogP) is 6.60. The Labute approximate surface area is 150 Å². The first-order valence-electron chi connectivity index (χ1n) is 9.83. The molecule has 2 unspecified atom stereocenters. The lowest BCUT2D eigenvalue weighted by molar-refractivity contribution is -0.0213. The molecule has 138 valence electrons. The molecule has 0 aromatic heterocycles. The van der Waals surface area contributed by atoms with Gasteiger partial charge in [0, 0.05) is 0 Å². The maximum atomic E-state index is 13.4. The van der Waals surface area contributed by atoms with Crippen molar-refractivity contribution in [1.82, 2.24) is 0 Å². The summed E-state index contributed by atoms with van der Waals surface area (Å²) in [6.45, 7) is 4.60. The zero-order chi connectivity index (χ0) is 17.6. The fraction of sp³-hybridized carbons (Fsp3) is 0.636. The van der Waals surface area contributed by atoms with E-state index >= 15 is 0 Å². The minimum Gasteiger partial charge on any atom is -0.373 e. The monoisotopic (exact) mass is 348 g/mol. The van der Waals surface area contributed by atoms with Crippen molar-refractivity contribution in [2.75, 3.05) is 6.61 Å². The van der Waals surface area contributed by atoms with Gasteiger partial charge in [-0.1, -0.05) is 31.4 Å². The van der Waals surface area contributed by atoms with E-state index in [1.807, 2.05) is 0 Å². The molecule has 1 saturated heterocycles. The number of hydrogen-bond acceptors (Lipinski definition) is 1. The highest BCUT2D eigenvalue weighted by Crippen LogP contribution is 2.37. The van der Waals surface area contributed by atoms with Gasteiger partial charge in [-0.3, -0.25) is 0 Å². The smallest absolute Gasteiger partial charge is 0.159 e. The maximum absolute atomic E-state index is 13.4. The predicted molar refractivity (Wildman–Crippen MR) is 97.3 cm³/mol. The number of allylic oxidation sites excluding steroid dienone is 1. The number of halogens is 2. The first-order valence-corrected chi connectivity index (χ1v) is 9.83. The van der Waals surface area contributed by atoms with Gasteiger partial charge in [0.1, 0.15) is 0 Å². The zero-order valence-electron chi connectivity index (χ0n) is 15.1. The van der Waals surface area contributed by atoms with E-state index in [0.717, 1.165) is 36.8 Å². The second kappa shape index (κ2) is 8.93. The molecule has 1 aliphatic heterocycles. The van der Waals surface area contributed by atoms with Crippen molar-refractivity contribution >= 4 is 0 Å². The first-order chi connectivity index (χ1) is 12.2. The highest BCUT2D eigenvalue weighted by atomic mass is 19.2. The molecule has 1 aromatic rings. The Morgan fingerprint density at radius 1 is 0.920 bits per heavy atom. The Bertz CT molecular complexity index is 555. The highest BCUT2D eigenvalue weighted by Gasteiger charge is 2.26. The quantitative estimate of drug-likeness (QED) is 0.527. The van der Waals surface area contributed by atoms with Gasteiger partial charge in [0.15, 0.2) is 11.6 Å². The van der Waals surface area contributed by atoms with Gasteiger partial charge in [0.25, 0.3) is 0 Å². The molecule has 0 spiro atoms. The molecule has 3 rings (SSSR count). The molecular weight excluding hydrogens is 318 g/mol. The van der Waals surface area contributed by atoms with E-state index in [9.17, 15) is 8.78 Å². The van der Waals surface area contributed by atoms with Crippen LogP contribution in [-0.4, -0.2) is 6.61 Å². The van der Waals surface area contributed by atoms with Crippen LogP contribution in [-0.2, 0) is 4.74 Å². The molecule has 1 nitrogen and oxygen atoms in total. The summed E-state index contributed by atoms with van der Waals surface area (Å²) in [4.78, 5) is 0. The van der Waals surface area contributed by atoms with Crippen LogP contribution in [0.1, 0.15) is 69.5 Å². The summed E-state index contributed by atoms with van der Waals surface area (Å²) in [5.41, 5.74) is 0.762. The molecule has 1 aromatic carbocycles. The van der Waals surface area contributed by atoms with Crippen LogP contribution in [0.25, 0.3) is 0 Å². The second-order valence-electron chi connectivity index (χ2n) is 7.93. The van der Waals surface area contributed by atoms with Crippen molar-refractivity contribution in [3.05, 3.63) is 48.1 Å². The van der Waals surface area contributed by atoms with Crippen LogP contribution >= 0.6 is 0 Å². The normalized spacial score (nSPS) is 30.2. The van der Waals surface area contributed by atoms with Crippen LogP contribution in [0.4, 0.5) is 8.78 Å². The lowest BCUT2D eigenvalue weighted by atomic mass is 9.77. The first kappa shape index (κ1) is 18.6. The summed E-state index contributed by atoms with van der Waals surface area (Å²) >= 11 is 0. The number of ether oxygens (including phenoxy) is 1. The van der Waals surface area contributed by atoms with E-state index in [1.165, 1.54) is 57.1 Å². The van der Waals surface area contributed by atoms with E-state index in [4.69, 9.17) is 4.74 Å². The van der Waals surface area contributed by atoms with Crippen LogP contribution in [0.5, 0.6) is 0 Å². The Morgan fingerprint density at radius 3 is 2.24 bits per heavy atom. The van der Waals surface area contributed by atoms with Crippen LogP contribution < -0.4 is 0 Å². The van der Waals surface area contributed by atoms with Crippen molar-refractivity contribution in [1.29, 1.82) is 0 Å². The van der Waals surface area contributed by atoms with Gasteiger partial charge in [-0.05, 0) is 74.0 Å². The number of benzene rings is 1. The standard InChI is InChI=1S/C22H30F2O/c1-2-3-16-4-6-17(7-5-16)8-9-18-10-13-22(25-15-18)19-11-12-20(23)21(24)14-19/h2,11-12,14,16-18,22H,1,3-10,13,15H2. The van der Waals surface area contributed by atoms with E-state index in [2.05, 4.69) is 12.7 Å². The highest BCUT2D eigenvalue weighted by molar-refractivity contribution is 5.20. The second-order valence-corrected chi connectivity index (χ2v) is 7.93. The van der Waals surface area contributed by atoms with Gasteiger partial charge in [-0.2, -0.15) is 0 Å². The van der Waals surface area contributed by atoms with E-state index in [1.54, 1.807) is 6.07 Å². The fourth-order valence-corrected chi connectivity index (χ4v) is 4.47.